The second kappa shape index (κ2) is 4.05. The highest BCUT2D eigenvalue weighted by Gasteiger charge is 2.55. The molecule has 1 heterocycles. The van der Waals surface area contributed by atoms with Gasteiger partial charge in [-0.25, -0.2) is 0 Å². The van der Waals surface area contributed by atoms with Gasteiger partial charge in [-0.05, 0) is 31.7 Å². The second-order valence-corrected chi connectivity index (χ2v) is 4.90. The van der Waals surface area contributed by atoms with Crippen molar-refractivity contribution in [1.82, 2.24) is 5.32 Å². The lowest BCUT2D eigenvalue weighted by molar-refractivity contribution is -0.144. The van der Waals surface area contributed by atoms with E-state index in [2.05, 4.69) is 5.32 Å². The minimum absolute atomic E-state index is 0.0714. The maximum Gasteiger partial charge on any atom is 0.321 e. The zero-order valence-corrected chi connectivity index (χ0v) is 9.11. The molecule has 90 valence electrons. The minimum Gasteiger partial charge on any atom is -0.481 e. The van der Waals surface area contributed by atoms with Crippen molar-refractivity contribution in [3.05, 3.63) is 0 Å². The number of carbonyl (C=O) groups is 2. The quantitative estimate of drug-likeness (QED) is 0.658. The number of hydrogen-bond acceptors (Lipinski definition) is 3. The number of fused-ring (bicyclic) bond motifs is 1. The third kappa shape index (κ3) is 1.69. The van der Waals surface area contributed by atoms with Crippen LogP contribution in [0.3, 0.4) is 0 Å². The molecule has 0 amide bonds. The fourth-order valence-electron chi connectivity index (χ4n) is 3.46. The highest BCUT2D eigenvalue weighted by Crippen LogP contribution is 2.52. The van der Waals surface area contributed by atoms with E-state index in [1.54, 1.807) is 0 Å². The second-order valence-electron chi connectivity index (χ2n) is 4.90. The van der Waals surface area contributed by atoms with E-state index in [0.29, 0.717) is 12.3 Å². The first kappa shape index (κ1) is 11.4. The van der Waals surface area contributed by atoms with Crippen LogP contribution >= 0.6 is 0 Å². The molecule has 0 aromatic carbocycles. The number of nitrogens with one attached hydrogen (secondary N) is 1. The summed E-state index contributed by atoms with van der Waals surface area (Å²) in [7, 11) is 0. The summed E-state index contributed by atoms with van der Waals surface area (Å²) in [5.74, 6) is -1.33. The molecule has 3 atom stereocenters. The van der Waals surface area contributed by atoms with E-state index in [9.17, 15) is 14.7 Å². The lowest BCUT2D eigenvalue weighted by atomic mass is 9.72. The Labute approximate surface area is 93.8 Å². The predicted octanol–water partition coefficient (Wildman–Crippen LogP) is 0.694. The highest BCUT2D eigenvalue weighted by molar-refractivity contribution is 5.76. The zero-order chi connectivity index (χ0) is 11.8. The van der Waals surface area contributed by atoms with E-state index in [1.165, 1.54) is 0 Å². The number of carboxylic acid groups (broad SMARTS) is 2. The third-order valence-electron chi connectivity index (χ3n) is 4.20. The van der Waals surface area contributed by atoms with Crippen molar-refractivity contribution in [1.29, 1.82) is 0 Å². The molecule has 0 bridgehead atoms. The zero-order valence-electron chi connectivity index (χ0n) is 9.11. The molecule has 2 aliphatic rings. The van der Waals surface area contributed by atoms with Gasteiger partial charge in [0.25, 0.3) is 0 Å². The summed E-state index contributed by atoms with van der Waals surface area (Å²) in [6, 6.07) is -0.556. The molecule has 5 nitrogen and oxygen atoms in total. The molecule has 1 aliphatic heterocycles. The maximum atomic E-state index is 11.2. The van der Waals surface area contributed by atoms with Gasteiger partial charge in [-0.3, -0.25) is 9.59 Å². The van der Waals surface area contributed by atoms with Gasteiger partial charge < -0.3 is 15.5 Å². The summed E-state index contributed by atoms with van der Waals surface area (Å²) >= 11 is 0. The van der Waals surface area contributed by atoms with Gasteiger partial charge >= 0.3 is 11.9 Å². The standard InChI is InChI=1S/C11H17NO4/c13-8(14)3-5-11-4-1-2-7(11)6-12-9(11)10(15)16/h7,9,12H,1-6H2,(H,13,14)(H,15,16). The first-order valence-electron chi connectivity index (χ1n) is 5.74. The summed E-state index contributed by atoms with van der Waals surface area (Å²) in [6.07, 6.45) is 3.44. The topological polar surface area (TPSA) is 86.6 Å². The van der Waals surface area contributed by atoms with Crippen LogP contribution in [-0.2, 0) is 9.59 Å². The van der Waals surface area contributed by atoms with Gasteiger partial charge in [-0.1, -0.05) is 6.42 Å². The van der Waals surface area contributed by atoms with Crippen LogP contribution in [0.25, 0.3) is 0 Å². The van der Waals surface area contributed by atoms with Crippen molar-refractivity contribution in [2.75, 3.05) is 6.54 Å². The normalized spacial score (nSPS) is 37.2. The molecule has 1 aliphatic carbocycles. The average Bonchev–Trinajstić information content (AvgIpc) is 2.70. The van der Waals surface area contributed by atoms with E-state index >= 15 is 0 Å². The first-order valence-corrected chi connectivity index (χ1v) is 5.74. The van der Waals surface area contributed by atoms with Crippen LogP contribution in [0.15, 0.2) is 0 Å². The molecule has 1 saturated heterocycles. The van der Waals surface area contributed by atoms with E-state index in [1.807, 2.05) is 0 Å². The van der Waals surface area contributed by atoms with Gasteiger partial charge in [0, 0.05) is 11.8 Å². The molecular weight excluding hydrogens is 210 g/mol. The molecule has 5 heteroatoms. The molecule has 3 unspecified atom stereocenters. The molecule has 0 spiro atoms. The van der Waals surface area contributed by atoms with Crippen molar-refractivity contribution in [3.8, 4) is 0 Å². The Hall–Kier alpha value is -1.10. The Morgan fingerprint density at radius 1 is 1.38 bits per heavy atom. The van der Waals surface area contributed by atoms with Gasteiger partial charge in [-0.15, -0.1) is 0 Å². The van der Waals surface area contributed by atoms with Crippen LogP contribution in [0, 0.1) is 11.3 Å². The smallest absolute Gasteiger partial charge is 0.321 e. The summed E-state index contributed by atoms with van der Waals surface area (Å²) in [6.45, 7) is 0.719. The van der Waals surface area contributed by atoms with E-state index in [4.69, 9.17) is 5.11 Å². The molecule has 0 aromatic rings. The lowest BCUT2D eigenvalue weighted by Crippen LogP contribution is -2.43. The predicted molar refractivity (Wildman–Crippen MR) is 56.1 cm³/mol. The van der Waals surface area contributed by atoms with E-state index in [-0.39, 0.29) is 11.8 Å². The average molecular weight is 227 g/mol. The van der Waals surface area contributed by atoms with Gasteiger partial charge in [-0.2, -0.15) is 0 Å². The third-order valence-corrected chi connectivity index (χ3v) is 4.20. The van der Waals surface area contributed by atoms with Crippen LogP contribution in [0.5, 0.6) is 0 Å². The monoisotopic (exact) mass is 227 g/mol. The largest absolute Gasteiger partial charge is 0.481 e. The molecule has 16 heavy (non-hydrogen) atoms. The molecule has 1 saturated carbocycles. The van der Waals surface area contributed by atoms with Crippen molar-refractivity contribution < 1.29 is 19.8 Å². The van der Waals surface area contributed by atoms with Crippen molar-refractivity contribution in [2.24, 2.45) is 11.3 Å². The van der Waals surface area contributed by atoms with E-state index < -0.39 is 18.0 Å². The Morgan fingerprint density at radius 3 is 2.75 bits per heavy atom. The van der Waals surface area contributed by atoms with Crippen molar-refractivity contribution in [2.45, 2.75) is 38.1 Å². The van der Waals surface area contributed by atoms with Gasteiger partial charge in [0.2, 0.25) is 0 Å². The molecular formula is C11H17NO4. The van der Waals surface area contributed by atoms with E-state index in [0.717, 1.165) is 25.8 Å². The van der Waals surface area contributed by atoms with Crippen LogP contribution in [0.1, 0.15) is 32.1 Å². The molecule has 2 fully saturated rings. The van der Waals surface area contributed by atoms with Gasteiger partial charge in [0.15, 0.2) is 0 Å². The van der Waals surface area contributed by atoms with Crippen LogP contribution in [0.4, 0.5) is 0 Å². The van der Waals surface area contributed by atoms with Crippen LogP contribution in [0.2, 0.25) is 0 Å². The minimum atomic E-state index is -0.838. The fraction of sp³-hybridized carbons (Fsp3) is 0.818. The number of carboxylic acids is 2. The van der Waals surface area contributed by atoms with Crippen molar-refractivity contribution >= 4 is 11.9 Å². The Balaban J connectivity index is 2.16. The summed E-state index contributed by atoms with van der Waals surface area (Å²) < 4.78 is 0. The summed E-state index contributed by atoms with van der Waals surface area (Å²) in [5.41, 5.74) is -0.315. The fourth-order valence-corrected chi connectivity index (χ4v) is 3.46. The molecule has 2 rings (SSSR count). The molecule has 0 radical (unpaired) electrons. The molecule has 0 aromatic heterocycles. The van der Waals surface area contributed by atoms with Gasteiger partial charge in [0.05, 0.1) is 0 Å². The van der Waals surface area contributed by atoms with Crippen LogP contribution in [-0.4, -0.2) is 34.7 Å². The Bertz CT molecular complexity index is 317. The molecule has 3 N–H and O–H groups in total. The summed E-state index contributed by atoms with van der Waals surface area (Å²) in [4.78, 5) is 21.8. The SMILES string of the molecule is O=C(O)CCC12CCCC1CNC2C(=O)O. The van der Waals surface area contributed by atoms with Crippen LogP contribution < -0.4 is 5.32 Å². The summed E-state index contributed by atoms with van der Waals surface area (Å²) in [5, 5.41) is 21.0. The van der Waals surface area contributed by atoms with Crippen molar-refractivity contribution in [3.63, 3.8) is 0 Å². The highest BCUT2D eigenvalue weighted by atomic mass is 16.4. The number of rotatable bonds is 4. The Kier molecular flexibility index (Phi) is 2.88. The first-order chi connectivity index (χ1) is 7.56. The van der Waals surface area contributed by atoms with Gasteiger partial charge in [0.1, 0.15) is 6.04 Å². The number of hydrogen-bond donors (Lipinski definition) is 3. The number of aliphatic carboxylic acids is 2. The lowest BCUT2D eigenvalue weighted by Gasteiger charge is -2.32. The Morgan fingerprint density at radius 2 is 2.12 bits per heavy atom. The maximum absolute atomic E-state index is 11.2.